The zero-order valence-corrected chi connectivity index (χ0v) is 10.8. The van der Waals surface area contributed by atoms with Crippen LogP contribution in [0.15, 0.2) is 24.7 Å². The smallest absolute Gasteiger partial charge is 0.257 e. The van der Waals surface area contributed by atoms with Crippen molar-refractivity contribution in [1.82, 2.24) is 19.5 Å². The van der Waals surface area contributed by atoms with E-state index in [2.05, 4.69) is 17.1 Å². The van der Waals surface area contributed by atoms with Crippen molar-refractivity contribution in [2.45, 2.75) is 19.4 Å². The zero-order chi connectivity index (χ0) is 13.2. The molecule has 1 aliphatic heterocycles. The standard InChI is InChI=1S/C13H16N4O2/c1-2-10-8-16(6-7-19-10)13(18)11-4-3-5-17-9-14-15-12(11)17/h3-5,9-10H,2,6-8H2,1H3. The summed E-state index contributed by atoms with van der Waals surface area (Å²) in [5, 5.41) is 7.85. The van der Waals surface area contributed by atoms with E-state index in [1.807, 2.05) is 17.2 Å². The van der Waals surface area contributed by atoms with Crippen LogP contribution in [0.3, 0.4) is 0 Å². The predicted octanol–water partition coefficient (Wildman–Crippen LogP) is 0.980. The van der Waals surface area contributed by atoms with Crippen LogP contribution in [-0.4, -0.2) is 51.2 Å². The Morgan fingerprint density at radius 2 is 2.47 bits per heavy atom. The number of carbonyl (C=O) groups excluding carboxylic acids is 1. The Morgan fingerprint density at radius 1 is 1.58 bits per heavy atom. The molecule has 1 unspecified atom stereocenters. The van der Waals surface area contributed by atoms with E-state index in [1.54, 1.807) is 16.8 Å². The monoisotopic (exact) mass is 260 g/mol. The Kier molecular flexibility index (Phi) is 3.16. The topological polar surface area (TPSA) is 59.7 Å². The molecule has 19 heavy (non-hydrogen) atoms. The van der Waals surface area contributed by atoms with Crippen LogP contribution >= 0.6 is 0 Å². The molecule has 0 aliphatic carbocycles. The maximum atomic E-state index is 12.6. The minimum atomic E-state index is 0.000324. The Balaban J connectivity index is 1.89. The van der Waals surface area contributed by atoms with Gasteiger partial charge in [0.1, 0.15) is 6.33 Å². The number of hydrogen-bond donors (Lipinski definition) is 0. The third-order valence-corrected chi connectivity index (χ3v) is 3.44. The summed E-state index contributed by atoms with van der Waals surface area (Å²) in [7, 11) is 0. The van der Waals surface area contributed by atoms with Gasteiger partial charge in [0.2, 0.25) is 0 Å². The van der Waals surface area contributed by atoms with Crippen LogP contribution in [0, 0.1) is 0 Å². The van der Waals surface area contributed by atoms with Crippen molar-refractivity contribution < 1.29 is 9.53 Å². The average Bonchev–Trinajstić information content (AvgIpc) is 2.95. The van der Waals surface area contributed by atoms with Gasteiger partial charge in [-0.25, -0.2) is 0 Å². The molecule has 1 fully saturated rings. The normalized spacial score (nSPS) is 19.8. The molecule has 1 atom stereocenters. The number of morpholine rings is 1. The van der Waals surface area contributed by atoms with E-state index in [1.165, 1.54) is 0 Å². The molecule has 0 aromatic carbocycles. The minimum absolute atomic E-state index is 0.000324. The lowest BCUT2D eigenvalue weighted by molar-refractivity contribution is -0.0225. The molecule has 6 nitrogen and oxygen atoms in total. The first-order valence-electron chi connectivity index (χ1n) is 6.49. The van der Waals surface area contributed by atoms with Crippen molar-refractivity contribution in [2.24, 2.45) is 0 Å². The van der Waals surface area contributed by atoms with Crippen LogP contribution in [0.2, 0.25) is 0 Å². The van der Waals surface area contributed by atoms with Crippen LogP contribution in [-0.2, 0) is 4.74 Å². The molecule has 1 aliphatic rings. The van der Waals surface area contributed by atoms with Gasteiger partial charge < -0.3 is 9.64 Å². The molecule has 3 heterocycles. The van der Waals surface area contributed by atoms with E-state index >= 15 is 0 Å². The largest absolute Gasteiger partial charge is 0.375 e. The molecular formula is C13H16N4O2. The third-order valence-electron chi connectivity index (χ3n) is 3.44. The van der Waals surface area contributed by atoms with Crippen molar-refractivity contribution in [3.8, 4) is 0 Å². The number of hydrogen-bond acceptors (Lipinski definition) is 4. The summed E-state index contributed by atoms with van der Waals surface area (Å²) in [5.41, 5.74) is 1.20. The molecule has 1 amide bonds. The fourth-order valence-electron chi connectivity index (χ4n) is 2.34. The van der Waals surface area contributed by atoms with E-state index in [-0.39, 0.29) is 12.0 Å². The fourth-order valence-corrected chi connectivity index (χ4v) is 2.34. The van der Waals surface area contributed by atoms with E-state index in [9.17, 15) is 4.79 Å². The van der Waals surface area contributed by atoms with Crippen LogP contribution in [0.4, 0.5) is 0 Å². The SMILES string of the molecule is CCC1CN(C(=O)c2cccn3cnnc23)CCO1. The highest BCUT2D eigenvalue weighted by molar-refractivity contribution is 5.99. The first kappa shape index (κ1) is 12.1. The van der Waals surface area contributed by atoms with Crippen molar-refractivity contribution in [3.63, 3.8) is 0 Å². The maximum absolute atomic E-state index is 12.6. The second kappa shape index (κ2) is 4.97. The fraction of sp³-hybridized carbons (Fsp3) is 0.462. The Hall–Kier alpha value is -1.95. The number of fused-ring (bicyclic) bond motifs is 1. The van der Waals surface area contributed by atoms with Gasteiger partial charge in [0.15, 0.2) is 5.65 Å². The van der Waals surface area contributed by atoms with E-state index < -0.39 is 0 Å². The van der Waals surface area contributed by atoms with Gasteiger partial charge >= 0.3 is 0 Å². The Labute approximate surface area is 111 Å². The average molecular weight is 260 g/mol. The van der Waals surface area contributed by atoms with Gasteiger partial charge in [-0.05, 0) is 18.6 Å². The lowest BCUT2D eigenvalue weighted by Crippen LogP contribution is -2.45. The first-order chi connectivity index (χ1) is 9.29. The molecule has 6 heteroatoms. The second-order valence-electron chi connectivity index (χ2n) is 4.64. The summed E-state index contributed by atoms with van der Waals surface area (Å²) in [6, 6.07) is 3.63. The van der Waals surface area contributed by atoms with Crippen LogP contribution < -0.4 is 0 Å². The molecule has 0 N–H and O–H groups in total. The van der Waals surface area contributed by atoms with Gasteiger partial charge in [0.25, 0.3) is 5.91 Å². The van der Waals surface area contributed by atoms with Gasteiger partial charge in [-0.3, -0.25) is 9.20 Å². The number of pyridine rings is 1. The summed E-state index contributed by atoms with van der Waals surface area (Å²) in [5.74, 6) is 0.000324. The molecule has 0 bridgehead atoms. The third kappa shape index (κ3) is 2.19. The number of carbonyl (C=O) groups is 1. The predicted molar refractivity (Wildman–Crippen MR) is 68.9 cm³/mol. The highest BCUT2D eigenvalue weighted by Crippen LogP contribution is 2.15. The second-order valence-corrected chi connectivity index (χ2v) is 4.64. The molecule has 0 saturated carbocycles. The van der Waals surface area contributed by atoms with Gasteiger partial charge in [-0.15, -0.1) is 10.2 Å². The van der Waals surface area contributed by atoms with Crippen LogP contribution in [0.25, 0.3) is 5.65 Å². The van der Waals surface area contributed by atoms with E-state index in [4.69, 9.17) is 4.74 Å². The number of aromatic nitrogens is 3. The molecular weight excluding hydrogens is 244 g/mol. The molecule has 3 rings (SSSR count). The summed E-state index contributed by atoms with van der Waals surface area (Å²) in [4.78, 5) is 14.4. The van der Waals surface area contributed by atoms with Gasteiger partial charge in [-0.1, -0.05) is 6.92 Å². The Morgan fingerprint density at radius 3 is 3.32 bits per heavy atom. The quantitative estimate of drug-likeness (QED) is 0.807. The molecule has 2 aromatic rings. The van der Waals surface area contributed by atoms with Crippen molar-refractivity contribution in [2.75, 3.05) is 19.7 Å². The molecule has 2 aromatic heterocycles. The number of rotatable bonds is 2. The van der Waals surface area contributed by atoms with Crippen molar-refractivity contribution >= 4 is 11.6 Å². The summed E-state index contributed by atoms with van der Waals surface area (Å²) in [6.07, 6.45) is 4.48. The summed E-state index contributed by atoms with van der Waals surface area (Å²) in [6.45, 7) is 3.94. The van der Waals surface area contributed by atoms with Crippen molar-refractivity contribution in [1.29, 1.82) is 0 Å². The lowest BCUT2D eigenvalue weighted by atomic mass is 10.2. The molecule has 0 spiro atoms. The first-order valence-corrected chi connectivity index (χ1v) is 6.49. The number of nitrogens with zero attached hydrogens (tertiary/aromatic N) is 4. The lowest BCUT2D eigenvalue weighted by Gasteiger charge is -2.32. The number of ether oxygens (including phenoxy) is 1. The van der Waals surface area contributed by atoms with E-state index in [0.29, 0.717) is 30.9 Å². The summed E-state index contributed by atoms with van der Waals surface area (Å²) < 4.78 is 7.34. The molecule has 100 valence electrons. The van der Waals surface area contributed by atoms with Gasteiger partial charge in [0, 0.05) is 19.3 Å². The van der Waals surface area contributed by atoms with Crippen molar-refractivity contribution in [3.05, 3.63) is 30.2 Å². The highest BCUT2D eigenvalue weighted by atomic mass is 16.5. The van der Waals surface area contributed by atoms with Crippen LogP contribution in [0.1, 0.15) is 23.7 Å². The minimum Gasteiger partial charge on any atom is -0.375 e. The maximum Gasteiger partial charge on any atom is 0.257 e. The number of amides is 1. The Bertz CT molecular complexity index is 595. The highest BCUT2D eigenvalue weighted by Gasteiger charge is 2.25. The molecule has 1 saturated heterocycles. The van der Waals surface area contributed by atoms with E-state index in [0.717, 1.165) is 6.42 Å². The van der Waals surface area contributed by atoms with Crippen LogP contribution in [0.5, 0.6) is 0 Å². The van der Waals surface area contributed by atoms with Gasteiger partial charge in [0.05, 0.1) is 18.3 Å². The zero-order valence-electron chi connectivity index (χ0n) is 10.8. The van der Waals surface area contributed by atoms with Gasteiger partial charge in [-0.2, -0.15) is 0 Å². The summed E-state index contributed by atoms with van der Waals surface area (Å²) >= 11 is 0. The molecule has 0 radical (unpaired) electrons.